The molecule has 0 bridgehead atoms. The van der Waals surface area contributed by atoms with E-state index >= 15 is 0 Å². The number of H-pyrrole nitrogens is 1. The molecule has 0 atom stereocenters. The summed E-state index contributed by atoms with van der Waals surface area (Å²) in [4.78, 5) is 18.4. The van der Waals surface area contributed by atoms with Crippen molar-refractivity contribution in [2.75, 3.05) is 6.79 Å². The molecule has 1 aliphatic rings. The van der Waals surface area contributed by atoms with E-state index in [0.717, 1.165) is 51.3 Å². The predicted molar refractivity (Wildman–Crippen MR) is 137 cm³/mol. The van der Waals surface area contributed by atoms with Gasteiger partial charge in [0.05, 0.1) is 12.1 Å². The van der Waals surface area contributed by atoms with Gasteiger partial charge in [0, 0.05) is 29.6 Å². The molecule has 5 rings (SSSR count). The standard InChI is InChI=1S/C27H32N6O3/c1-6-27(4,5)33-25(29-30-31-33)15-32(13-19-7-8-23-24(11-19)36-16-35-23)14-20-12-21-18(3)9-17(2)10-22(21)28-26(20)34/h7-12H,6,13-16H2,1-5H3,(H,28,34). The van der Waals surface area contributed by atoms with Gasteiger partial charge in [-0.05, 0) is 85.5 Å². The van der Waals surface area contributed by atoms with Gasteiger partial charge in [-0.2, -0.15) is 0 Å². The average Bonchev–Trinajstić information content (AvgIpc) is 3.49. The molecule has 1 N–H and O–H groups in total. The SMILES string of the molecule is CCC(C)(C)n1nnnc1CN(Cc1ccc2c(c1)OCO2)Cc1cc2c(C)cc(C)cc2[nH]c1=O. The van der Waals surface area contributed by atoms with E-state index in [4.69, 9.17) is 9.47 Å². The summed E-state index contributed by atoms with van der Waals surface area (Å²) in [5.41, 5.74) is 4.56. The molecule has 0 amide bonds. The number of aromatic nitrogens is 5. The second-order valence-electron chi connectivity index (χ2n) is 10.2. The molecule has 9 heteroatoms. The van der Waals surface area contributed by atoms with E-state index in [1.54, 1.807) is 0 Å². The third kappa shape index (κ3) is 4.70. The van der Waals surface area contributed by atoms with Gasteiger partial charge in [0.2, 0.25) is 6.79 Å². The van der Waals surface area contributed by atoms with Crippen LogP contribution >= 0.6 is 0 Å². The molecule has 2 aromatic carbocycles. The summed E-state index contributed by atoms with van der Waals surface area (Å²) in [7, 11) is 0. The van der Waals surface area contributed by atoms with Gasteiger partial charge < -0.3 is 14.5 Å². The lowest BCUT2D eigenvalue weighted by atomic mass is 10.0. The van der Waals surface area contributed by atoms with Crippen LogP contribution in [0.1, 0.15) is 55.3 Å². The highest BCUT2D eigenvalue weighted by molar-refractivity contribution is 5.83. The molecule has 0 fully saturated rings. The summed E-state index contributed by atoms with van der Waals surface area (Å²) in [5.74, 6) is 2.24. The third-order valence-corrected chi connectivity index (χ3v) is 6.96. The molecule has 0 aliphatic carbocycles. The Balaban J connectivity index is 1.50. The van der Waals surface area contributed by atoms with Gasteiger partial charge in [-0.15, -0.1) is 5.10 Å². The molecular formula is C27H32N6O3. The largest absolute Gasteiger partial charge is 0.454 e. The number of ether oxygens (including phenoxy) is 2. The van der Waals surface area contributed by atoms with Crippen molar-refractivity contribution >= 4 is 10.9 Å². The number of aromatic amines is 1. The topological polar surface area (TPSA) is 98.2 Å². The minimum Gasteiger partial charge on any atom is -0.454 e. The summed E-state index contributed by atoms with van der Waals surface area (Å²) >= 11 is 0. The lowest BCUT2D eigenvalue weighted by molar-refractivity contribution is 0.174. The van der Waals surface area contributed by atoms with Crippen LogP contribution in [0.4, 0.5) is 0 Å². The van der Waals surface area contributed by atoms with E-state index in [-0.39, 0.29) is 17.9 Å². The van der Waals surface area contributed by atoms with Gasteiger partial charge in [0.25, 0.3) is 5.56 Å². The summed E-state index contributed by atoms with van der Waals surface area (Å²) in [6.45, 7) is 12.2. The van der Waals surface area contributed by atoms with E-state index in [2.05, 4.69) is 59.2 Å². The molecule has 3 heterocycles. The van der Waals surface area contributed by atoms with Crippen molar-refractivity contribution < 1.29 is 9.47 Å². The normalized spacial score (nSPS) is 13.2. The first-order chi connectivity index (χ1) is 17.2. The fourth-order valence-electron chi connectivity index (χ4n) is 4.66. The van der Waals surface area contributed by atoms with E-state index in [0.29, 0.717) is 25.2 Å². The predicted octanol–water partition coefficient (Wildman–Crippen LogP) is 4.21. The Morgan fingerprint density at radius 3 is 2.67 bits per heavy atom. The maximum atomic E-state index is 13.1. The highest BCUT2D eigenvalue weighted by Crippen LogP contribution is 2.33. The summed E-state index contributed by atoms with van der Waals surface area (Å²) in [6, 6.07) is 12.1. The Hall–Kier alpha value is -3.72. The number of pyridine rings is 1. The third-order valence-electron chi connectivity index (χ3n) is 6.96. The molecule has 0 spiro atoms. The Kier molecular flexibility index (Phi) is 6.26. The highest BCUT2D eigenvalue weighted by atomic mass is 16.7. The van der Waals surface area contributed by atoms with Crippen LogP contribution < -0.4 is 15.0 Å². The van der Waals surface area contributed by atoms with Crippen molar-refractivity contribution in [1.29, 1.82) is 0 Å². The van der Waals surface area contributed by atoms with Gasteiger partial charge >= 0.3 is 0 Å². The van der Waals surface area contributed by atoms with E-state index in [1.165, 1.54) is 0 Å². The summed E-state index contributed by atoms with van der Waals surface area (Å²) < 4.78 is 12.9. The zero-order valence-corrected chi connectivity index (χ0v) is 21.5. The quantitative estimate of drug-likeness (QED) is 0.397. The Morgan fingerprint density at radius 2 is 1.86 bits per heavy atom. The Labute approximate surface area is 210 Å². The Morgan fingerprint density at radius 1 is 1.06 bits per heavy atom. The van der Waals surface area contributed by atoms with Crippen LogP contribution in [0.15, 0.2) is 41.2 Å². The van der Waals surface area contributed by atoms with Crippen LogP contribution in [0, 0.1) is 13.8 Å². The number of tetrazole rings is 1. The van der Waals surface area contributed by atoms with Gasteiger partial charge in [0.1, 0.15) is 0 Å². The maximum absolute atomic E-state index is 13.1. The molecule has 0 saturated carbocycles. The number of nitrogens with one attached hydrogen (secondary N) is 1. The molecule has 36 heavy (non-hydrogen) atoms. The number of rotatable bonds is 8. The number of nitrogens with zero attached hydrogens (tertiary/aromatic N) is 5. The monoisotopic (exact) mass is 488 g/mol. The van der Waals surface area contributed by atoms with Crippen molar-refractivity contribution in [1.82, 2.24) is 30.1 Å². The number of aryl methyl sites for hydroxylation is 2. The minimum absolute atomic E-state index is 0.0864. The molecule has 0 unspecified atom stereocenters. The number of hydrogen-bond donors (Lipinski definition) is 1. The minimum atomic E-state index is -0.224. The van der Waals surface area contributed by atoms with Crippen LogP contribution in [0.25, 0.3) is 10.9 Å². The van der Waals surface area contributed by atoms with E-state index in [9.17, 15) is 4.79 Å². The smallest absolute Gasteiger partial charge is 0.252 e. The molecule has 2 aromatic heterocycles. The summed E-state index contributed by atoms with van der Waals surface area (Å²) in [6.07, 6.45) is 0.885. The van der Waals surface area contributed by atoms with Gasteiger partial charge in [-0.25, -0.2) is 4.68 Å². The van der Waals surface area contributed by atoms with Crippen LogP contribution in [0.3, 0.4) is 0 Å². The van der Waals surface area contributed by atoms with Gasteiger partial charge in [0.15, 0.2) is 17.3 Å². The number of benzene rings is 2. The van der Waals surface area contributed by atoms with Gasteiger partial charge in [-0.3, -0.25) is 9.69 Å². The first-order valence-electron chi connectivity index (χ1n) is 12.3. The lowest BCUT2D eigenvalue weighted by Crippen LogP contribution is -2.32. The zero-order chi connectivity index (χ0) is 25.4. The lowest BCUT2D eigenvalue weighted by Gasteiger charge is -2.27. The summed E-state index contributed by atoms with van der Waals surface area (Å²) in [5, 5.41) is 13.6. The maximum Gasteiger partial charge on any atom is 0.252 e. The molecule has 1 aliphatic heterocycles. The fraction of sp³-hybridized carbons (Fsp3) is 0.407. The molecule has 188 valence electrons. The van der Waals surface area contributed by atoms with Crippen molar-refractivity contribution in [3.63, 3.8) is 0 Å². The molecule has 9 nitrogen and oxygen atoms in total. The molecular weight excluding hydrogens is 456 g/mol. The van der Waals surface area contributed by atoms with Crippen LogP contribution in [-0.2, 0) is 25.2 Å². The van der Waals surface area contributed by atoms with Crippen molar-refractivity contribution in [3.8, 4) is 11.5 Å². The van der Waals surface area contributed by atoms with Gasteiger partial charge in [-0.1, -0.05) is 19.1 Å². The zero-order valence-electron chi connectivity index (χ0n) is 21.5. The fourth-order valence-corrected chi connectivity index (χ4v) is 4.66. The van der Waals surface area contributed by atoms with Crippen LogP contribution in [0.2, 0.25) is 0 Å². The van der Waals surface area contributed by atoms with Crippen LogP contribution in [0.5, 0.6) is 11.5 Å². The average molecular weight is 489 g/mol. The second-order valence-corrected chi connectivity index (χ2v) is 10.2. The first kappa shape index (κ1) is 24.0. The molecule has 0 saturated heterocycles. The van der Waals surface area contributed by atoms with E-state index in [1.807, 2.05) is 41.9 Å². The number of fused-ring (bicyclic) bond motifs is 2. The Bertz CT molecular complexity index is 1470. The van der Waals surface area contributed by atoms with Crippen molar-refractivity contribution in [2.45, 2.75) is 66.2 Å². The molecule has 4 aromatic rings. The highest BCUT2D eigenvalue weighted by Gasteiger charge is 2.25. The van der Waals surface area contributed by atoms with Crippen molar-refractivity contribution in [3.05, 3.63) is 74.8 Å². The number of hydrogen-bond acceptors (Lipinski definition) is 7. The second kappa shape index (κ2) is 9.39. The molecule has 0 radical (unpaired) electrons. The first-order valence-corrected chi connectivity index (χ1v) is 12.3. The van der Waals surface area contributed by atoms with E-state index < -0.39 is 0 Å². The van der Waals surface area contributed by atoms with Crippen molar-refractivity contribution in [2.24, 2.45) is 0 Å². The van der Waals surface area contributed by atoms with Crippen LogP contribution in [-0.4, -0.2) is 36.9 Å².